The Labute approximate surface area is 215 Å². The third-order valence-electron chi connectivity index (χ3n) is 10.9. The quantitative estimate of drug-likeness (QED) is 0.375. The van der Waals surface area contributed by atoms with Crippen molar-refractivity contribution in [2.24, 2.45) is 46.3 Å². The standard InChI is InChI=1S/C29H44O7/c1-16(7-12-24(32)34-6)22-10-11-23-21-9-8-19-15-20(35-17(2)30)13-14-28(19,4)25(21)26(36-18(3)31)27(33)29(22,23)5/h16,19-23,25-26H,7-15H2,1-6H3/t16-,19-,20-,21+,22-,23+,25-,26+,28+,29-/m1/s1. The molecule has 0 unspecified atom stereocenters. The van der Waals surface area contributed by atoms with Gasteiger partial charge in [-0.25, -0.2) is 0 Å². The van der Waals surface area contributed by atoms with Crippen LogP contribution in [0.1, 0.15) is 92.4 Å². The van der Waals surface area contributed by atoms with E-state index in [2.05, 4.69) is 20.8 Å². The summed E-state index contributed by atoms with van der Waals surface area (Å²) in [5.74, 6) is 0.491. The molecule has 202 valence electrons. The fraction of sp³-hybridized carbons (Fsp3) is 0.862. The minimum absolute atomic E-state index is 0.00636. The Morgan fingerprint density at radius 1 is 1.00 bits per heavy atom. The van der Waals surface area contributed by atoms with Crippen molar-refractivity contribution in [1.29, 1.82) is 0 Å². The molecule has 0 aromatic rings. The number of carbonyl (C=O) groups excluding carboxylic acids is 4. The minimum Gasteiger partial charge on any atom is -0.469 e. The van der Waals surface area contributed by atoms with E-state index in [1.807, 2.05) is 0 Å². The summed E-state index contributed by atoms with van der Waals surface area (Å²) in [6.45, 7) is 9.42. The highest BCUT2D eigenvalue weighted by molar-refractivity contribution is 5.92. The van der Waals surface area contributed by atoms with Crippen LogP contribution < -0.4 is 0 Å². The van der Waals surface area contributed by atoms with Gasteiger partial charge in [0.15, 0.2) is 11.9 Å². The highest BCUT2D eigenvalue weighted by atomic mass is 16.5. The van der Waals surface area contributed by atoms with E-state index in [1.165, 1.54) is 21.0 Å². The van der Waals surface area contributed by atoms with Gasteiger partial charge in [0.05, 0.1) is 7.11 Å². The van der Waals surface area contributed by atoms with Crippen LogP contribution in [0.5, 0.6) is 0 Å². The van der Waals surface area contributed by atoms with Crippen LogP contribution in [-0.4, -0.2) is 43.0 Å². The first-order chi connectivity index (χ1) is 16.9. The molecule has 7 heteroatoms. The van der Waals surface area contributed by atoms with E-state index in [0.29, 0.717) is 24.7 Å². The zero-order valence-electron chi connectivity index (χ0n) is 22.8. The van der Waals surface area contributed by atoms with Gasteiger partial charge in [0, 0.05) is 31.6 Å². The molecule has 7 nitrogen and oxygen atoms in total. The summed E-state index contributed by atoms with van der Waals surface area (Å²) in [6.07, 6.45) is 6.71. The molecule has 0 amide bonds. The third-order valence-corrected chi connectivity index (χ3v) is 10.9. The van der Waals surface area contributed by atoms with Crippen LogP contribution in [0.25, 0.3) is 0 Å². The Morgan fingerprint density at radius 3 is 2.33 bits per heavy atom. The molecule has 0 N–H and O–H groups in total. The number of ether oxygens (including phenoxy) is 3. The number of ketones is 1. The maximum absolute atomic E-state index is 14.4. The van der Waals surface area contributed by atoms with Crippen molar-refractivity contribution in [3.63, 3.8) is 0 Å². The Morgan fingerprint density at radius 2 is 1.69 bits per heavy atom. The second-order valence-electron chi connectivity index (χ2n) is 12.5. The molecule has 0 spiro atoms. The largest absolute Gasteiger partial charge is 0.469 e. The van der Waals surface area contributed by atoms with Gasteiger partial charge >= 0.3 is 17.9 Å². The first-order valence-corrected chi connectivity index (χ1v) is 13.9. The Kier molecular flexibility index (Phi) is 7.60. The second-order valence-corrected chi connectivity index (χ2v) is 12.5. The Bertz CT molecular complexity index is 898. The van der Waals surface area contributed by atoms with Crippen molar-refractivity contribution in [2.45, 2.75) is 105 Å². The number of fused-ring (bicyclic) bond motifs is 5. The van der Waals surface area contributed by atoms with Crippen LogP contribution in [0, 0.1) is 46.3 Å². The van der Waals surface area contributed by atoms with Gasteiger partial charge in [-0.2, -0.15) is 0 Å². The maximum atomic E-state index is 14.4. The van der Waals surface area contributed by atoms with E-state index >= 15 is 0 Å². The Hall–Kier alpha value is -1.92. The summed E-state index contributed by atoms with van der Waals surface area (Å²) in [4.78, 5) is 50.1. The van der Waals surface area contributed by atoms with Crippen molar-refractivity contribution in [2.75, 3.05) is 7.11 Å². The monoisotopic (exact) mass is 504 g/mol. The predicted octanol–water partition coefficient (Wildman–Crippen LogP) is 4.89. The summed E-state index contributed by atoms with van der Waals surface area (Å²) < 4.78 is 16.4. The van der Waals surface area contributed by atoms with Gasteiger partial charge in [-0.05, 0) is 86.4 Å². The molecule has 4 fully saturated rings. The number of rotatable bonds is 6. The summed E-state index contributed by atoms with van der Waals surface area (Å²) in [6, 6.07) is 0. The summed E-state index contributed by atoms with van der Waals surface area (Å²) in [7, 11) is 1.41. The molecule has 4 saturated carbocycles. The number of esters is 3. The third kappa shape index (κ3) is 4.49. The van der Waals surface area contributed by atoms with Gasteiger partial charge in [-0.15, -0.1) is 0 Å². The van der Waals surface area contributed by atoms with Crippen LogP contribution in [0.2, 0.25) is 0 Å². The molecular formula is C29H44O7. The van der Waals surface area contributed by atoms with Crippen LogP contribution in [0.15, 0.2) is 0 Å². The zero-order valence-corrected chi connectivity index (χ0v) is 22.8. The van der Waals surface area contributed by atoms with Crippen LogP contribution in [-0.2, 0) is 33.4 Å². The highest BCUT2D eigenvalue weighted by Gasteiger charge is 2.68. The lowest BCUT2D eigenvalue weighted by atomic mass is 9.43. The molecule has 0 radical (unpaired) electrons. The lowest BCUT2D eigenvalue weighted by Gasteiger charge is -2.62. The molecule has 0 aliphatic heterocycles. The predicted molar refractivity (Wildman–Crippen MR) is 133 cm³/mol. The molecular weight excluding hydrogens is 460 g/mol. The Balaban J connectivity index is 1.64. The number of hydrogen-bond acceptors (Lipinski definition) is 7. The zero-order chi connectivity index (χ0) is 26.4. The number of Topliss-reactive ketones (excluding diaryl/α,β-unsaturated/α-hetero) is 1. The van der Waals surface area contributed by atoms with E-state index in [1.54, 1.807) is 0 Å². The van der Waals surface area contributed by atoms with Gasteiger partial charge < -0.3 is 14.2 Å². The van der Waals surface area contributed by atoms with Crippen LogP contribution >= 0.6 is 0 Å². The molecule has 4 aliphatic carbocycles. The van der Waals surface area contributed by atoms with Crippen LogP contribution in [0.3, 0.4) is 0 Å². The lowest BCUT2D eigenvalue weighted by molar-refractivity contribution is -0.201. The van der Waals surface area contributed by atoms with Crippen molar-refractivity contribution in [1.82, 2.24) is 0 Å². The van der Waals surface area contributed by atoms with Gasteiger partial charge in [0.25, 0.3) is 0 Å². The summed E-state index contributed by atoms with van der Waals surface area (Å²) in [5.41, 5.74) is -0.694. The highest BCUT2D eigenvalue weighted by Crippen LogP contribution is 2.67. The normalized spacial score (nSPS) is 42.4. The maximum Gasteiger partial charge on any atom is 0.305 e. The summed E-state index contributed by atoms with van der Waals surface area (Å²) in [5, 5.41) is 0. The number of methoxy groups -OCH3 is 1. The molecule has 0 heterocycles. The van der Waals surface area contributed by atoms with Crippen molar-refractivity contribution >= 4 is 23.7 Å². The first kappa shape index (κ1) is 27.1. The molecule has 10 atom stereocenters. The van der Waals surface area contributed by atoms with Gasteiger partial charge in [0.1, 0.15) is 6.10 Å². The molecule has 4 rings (SSSR count). The van der Waals surface area contributed by atoms with E-state index < -0.39 is 17.5 Å². The van der Waals surface area contributed by atoms with E-state index in [0.717, 1.165) is 44.9 Å². The van der Waals surface area contributed by atoms with Crippen molar-refractivity contribution in [3.05, 3.63) is 0 Å². The summed E-state index contributed by atoms with van der Waals surface area (Å²) >= 11 is 0. The molecule has 0 aromatic carbocycles. The number of carbonyl (C=O) groups is 4. The first-order valence-electron chi connectivity index (χ1n) is 13.9. The van der Waals surface area contributed by atoms with Crippen molar-refractivity contribution < 1.29 is 33.4 Å². The van der Waals surface area contributed by atoms with E-state index in [-0.39, 0.29) is 52.9 Å². The van der Waals surface area contributed by atoms with E-state index in [4.69, 9.17) is 14.2 Å². The van der Waals surface area contributed by atoms with Gasteiger partial charge in [-0.1, -0.05) is 20.8 Å². The smallest absolute Gasteiger partial charge is 0.305 e. The average Bonchev–Trinajstić information content (AvgIpc) is 3.17. The van der Waals surface area contributed by atoms with Gasteiger partial charge in [-0.3, -0.25) is 19.2 Å². The molecule has 0 aromatic heterocycles. The average molecular weight is 505 g/mol. The fourth-order valence-corrected chi connectivity index (χ4v) is 9.25. The van der Waals surface area contributed by atoms with E-state index in [9.17, 15) is 19.2 Å². The molecule has 0 saturated heterocycles. The van der Waals surface area contributed by atoms with Crippen LogP contribution in [0.4, 0.5) is 0 Å². The van der Waals surface area contributed by atoms with Gasteiger partial charge in [0.2, 0.25) is 0 Å². The second kappa shape index (κ2) is 10.1. The molecule has 36 heavy (non-hydrogen) atoms. The topological polar surface area (TPSA) is 96.0 Å². The SMILES string of the molecule is COC(=O)CC[C@@H](C)[C@H]1CC[C@H]2[C@@H]3CC[C@@H]4C[C@H](OC(C)=O)CC[C@]4(C)[C@H]3[C@H](OC(C)=O)C(=O)[C@]12C. The number of hydrogen-bond donors (Lipinski definition) is 0. The molecule has 4 aliphatic rings. The fourth-order valence-electron chi connectivity index (χ4n) is 9.25. The van der Waals surface area contributed by atoms with Crippen molar-refractivity contribution in [3.8, 4) is 0 Å². The molecule has 0 bridgehead atoms. The lowest BCUT2D eigenvalue weighted by Crippen LogP contribution is -2.64. The minimum atomic E-state index is -0.736.